The molecule has 0 aliphatic rings. The summed E-state index contributed by atoms with van der Waals surface area (Å²) in [7, 11) is 0. The molecule has 0 aliphatic carbocycles. The van der Waals surface area contributed by atoms with Gasteiger partial charge in [-0.25, -0.2) is 0 Å². The number of hydrogen-bond acceptors (Lipinski definition) is 3. The number of carbonyl (C=O) groups excluding carboxylic acids is 1. The number of carbonyl (C=O) groups is 1. The van der Waals surface area contributed by atoms with E-state index in [1.165, 1.54) is 0 Å². The zero-order valence-corrected chi connectivity index (χ0v) is 13.8. The highest BCUT2D eigenvalue weighted by Crippen LogP contribution is 2.21. The van der Waals surface area contributed by atoms with E-state index in [1.54, 1.807) is 6.07 Å². The Bertz CT molecular complexity index is 611. The molecule has 22 heavy (non-hydrogen) atoms. The number of H-pyrrole nitrogens is 1. The quantitative estimate of drug-likeness (QED) is 0.844. The molecule has 0 saturated heterocycles. The molecule has 0 aliphatic heterocycles. The molecular weight excluding hydrogens is 278 g/mol. The van der Waals surface area contributed by atoms with Crippen LogP contribution in [0.5, 0.6) is 0 Å². The van der Waals surface area contributed by atoms with Gasteiger partial charge in [0.05, 0.1) is 0 Å². The molecule has 5 heteroatoms. The van der Waals surface area contributed by atoms with Crippen molar-refractivity contribution in [1.29, 1.82) is 0 Å². The molecule has 2 aromatic heterocycles. The Hall–Kier alpha value is -2.04. The van der Waals surface area contributed by atoms with Crippen molar-refractivity contribution in [2.45, 2.75) is 40.5 Å². The van der Waals surface area contributed by atoms with Gasteiger partial charge in [0.15, 0.2) is 11.5 Å². The molecule has 0 atom stereocenters. The van der Waals surface area contributed by atoms with Gasteiger partial charge in [0.1, 0.15) is 11.5 Å². The summed E-state index contributed by atoms with van der Waals surface area (Å²) in [5, 5.41) is 7.04. The van der Waals surface area contributed by atoms with E-state index >= 15 is 0 Å². The molecule has 0 fully saturated rings. The number of furan rings is 1. The van der Waals surface area contributed by atoms with Crippen molar-refractivity contribution in [3.63, 3.8) is 0 Å². The van der Waals surface area contributed by atoms with Crippen molar-refractivity contribution in [2.24, 2.45) is 5.92 Å². The Labute approximate surface area is 131 Å². The van der Waals surface area contributed by atoms with Crippen LogP contribution in [0.15, 0.2) is 22.6 Å². The largest absolute Gasteiger partial charge is 0.460 e. The van der Waals surface area contributed by atoms with Gasteiger partial charge in [0.2, 0.25) is 0 Å². The zero-order chi connectivity index (χ0) is 16.1. The zero-order valence-electron chi connectivity index (χ0n) is 13.8. The van der Waals surface area contributed by atoms with Crippen molar-refractivity contribution < 1.29 is 9.21 Å². The number of aromatic amines is 1. The molecule has 0 bridgehead atoms. The first-order chi connectivity index (χ1) is 10.6. The van der Waals surface area contributed by atoms with E-state index in [1.807, 2.05) is 30.9 Å². The lowest BCUT2D eigenvalue weighted by atomic mass is 10.0. The standard InChI is InChI=1S/C17H25N3O2/c1-5-13(6-2)11-20(7-3)17(21)15-10-14(18-19-15)16-9-8-12(4)22-16/h8-10,13H,5-7,11H2,1-4H3,(H,18,19). The van der Waals surface area contributed by atoms with Gasteiger partial charge in [-0.15, -0.1) is 0 Å². The van der Waals surface area contributed by atoms with Crippen molar-refractivity contribution >= 4 is 5.91 Å². The third kappa shape index (κ3) is 3.59. The van der Waals surface area contributed by atoms with Crippen LogP contribution in [0.3, 0.4) is 0 Å². The molecule has 0 spiro atoms. The average molecular weight is 303 g/mol. The highest BCUT2D eigenvalue weighted by molar-refractivity contribution is 5.93. The second-order valence-corrected chi connectivity index (χ2v) is 5.60. The molecule has 5 nitrogen and oxygen atoms in total. The van der Waals surface area contributed by atoms with Crippen LogP contribution in [-0.4, -0.2) is 34.1 Å². The maximum Gasteiger partial charge on any atom is 0.274 e. The minimum atomic E-state index is -0.0276. The highest BCUT2D eigenvalue weighted by atomic mass is 16.3. The topological polar surface area (TPSA) is 62.1 Å². The van der Waals surface area contributed by atoms with Crippen LogP contribution in [0.4, 0.5) is 0 Å². The number of amides is 1. The Morgan fingerprint density at radius 1 is 1.32 bits per heavy atom. The summed E-state index contributed by atoms with van der Waals surface area (Å²) in [4.78, 5) is 14.5. The van der Waals surface area contributed by atoms with Gasteiger partial charge in [0, 0.05) is 19.2 Å². The normalized spacial score (nSPS) is 11.1. The first kappa shape index (κ1) is 16.3. The molecule has 2 aromatic rings. The van der Waals surface area contributed by atoms with Crippen LogP contribution in [0.1, 0.15) is 49.9 Å². The fraction of sp³-hybridized carbons (Fsp3) is 0.529. The predicted octanol–water partition coefficient (Wildman–Crippen LogP) is 3.88. The van der Waals surface area contributed by atoms with Gasteiger partial charge in [-0.1, -0.05) is 26.7 Å². The summed E-state index contributed by atoms with van der Waals surface area (Å²) in [6.45, 7) is 9.70. The van der Waals surface area contributed by atoms with Gasteiger partial charge >= 0.3 is 0 Å². The summed E-state index contributed by atoms with van der Waals surface area (Å²) in [5.74, 6) is 2.05. The number of aromatic nitrogens is 2. The Morgan fingerprint density at radius 2 is 2.05 bits per heavy atom. The highest BCUT2D eigenvalue weighted by Gasteiger charge is 2.20. The number of rotatable bonds is 7. The first-order valence-electron chi connectivity index (χ1n) is 8.00. The van der Waals surface area contributed by atoms with E-state index < -0.39 is 0 Å². The van der Waals surface area contributed by atoms with Gasteiger partial charge in [0.25, 0.3) is 5.91 Å². The Kier molecular flexibility index (Phi) is 5.41. The Balaban J connectivity index is 2.13. The van der Waals surface area contributed by atoms with E-state index in [-0.39, 0.29) is 5.91 Å². The minimum Gasteiger partial charge on any atom is -0.460 e. The lowest BCUT2D eigenvalue weighted by Gasteiger charge is -2.24. The fourth-order valence-corrected chi connectivity index (χ4v) is 2.51. The van der Waals surface area contributed by atoms with E-state index in [9.17, 15) is 4.79 Å². The molecule has 2 heterocycles. The smallest absolute Gasteiger partial charge is 0.274 e. The fourth-order valence-electron chi connectivity index (χ4n) is 2.51. The summed E-state index contributed by atoms with van der Waals surface area (Å²) in [5.41, 5.74) is 1.17. The second-order valence-electron chi connectivity index (χ2n) is 5.60. The van der Waals surface area contributed by atoms with E-state index in [0.717, 1.165) is 30.8 Å². The lowest BCUT2D eigenvalue weighted by molar-refractivity contribution is 0.0729. The number of nitrogens with one attached hydrogen (secondary N) is 1. The molecule has 0 unspecified atom stereocenters. The molecular formula is C17H25N3O2. The van der Waals surface area contributed by atoms with E-state index in [0.29, 0.717) is 23.9 Å². The minimum absolute atomic E-state index is 0.0276. The summed E-state index contributed by atoms with van der Waals surface area (Å²) >= 11 is 0. The van der Waals surface area contributed by atoms with Gasteiger partial charge < -0.3 is 9.32 Å². The van der Waals surface area contributed by atoms with Gasteiger partial charge in [-0.2, -0.15) is 5.10 Å². The molecule has 0 saturated carbocycles. The molecule has 120 valence electrons. The van der Waals surface area contributed by atoms with Crippen molar-refractivity contribution in [2.75, 3.05) is 13.1 Å². The van der Waals surface area contributed by atoms with Crippen LogP contribution >= 0.6 is 0 Å². The lowest BCUT2D eigenvalue weighted by Crippen LogP contribution is -2.35. The maximum absolute atomic E-state index is 12.6. The summed E-state index contributed by atoms with van der Waals surface area (Å²) < 4.78 is 5.55. The van der Waals surface area contributed by atoms with Crippen molar-refractivity contribution in [3.8, 4) is 11.5 Å². The third-order valence-electron chi connectivity index (χ3n) is 4.11. The molecule has 2 rings (SSSR count). The van der Waals surface area contributed by atoms with Crippen LogP contribution in [0, 0.1) is 12.8 Å². The molecule has 0 radical (unpaired) electrons. The summed E-state index contributed by atoms with van der Waals surface area (Å²) in [6.07, 6.45) is 2.16. The SMILES string of the molecule is CCC(CC)CN(CC)C(=O)c1cc(-c2ccc(C)o2)[nH]n1. The van der Waals surface area contributed by atoms with Crippen LogP contribution in [0.25, 0.3) is 11.5 Å². The van der Waals surface area contributed by atoms with Crippen LogP contribution in [-0.2, 0) is 0 Å². The number of nitrogens with zero attached hydrogens (tertiary/aromatic N) is 2. The Morgan fingerprint density at radius 3 is 2.59 bits per heavy atom. The molecule has 0 aromatic carbocycles. The number of hydrogen-bond donors (Lipinski definition) is 1. The second kappa shape index (κ2) is 7.29. The van der Waals surface area contributed by atoms with Crippen LogP contribution in [0.2, 0.25) is 0 Å². The van der Waals surface area contributed by atoms with Gasteiger partial charge in [-0.05, 0) is 31.9 Å². The van der Waals surface area contributed by atoms with Gasteiger partial charge in [-0.3, -0.25) is 9.89 Å². The van der Waals surface area contributed by atoms with Crippen molar-refractivity contribution in [3.05, 3.63) is 29.7 Å². The van der Waals surface area contributed by atoms with E-state index in [4.69, 9.17) is 4.42 Å². The molecule has 1 amide bonds. The van der Waals surface area contributed by atoms with E-state index in [2.05, 4.69) is 24.0 Å². The first-order valence-corrected chi connectivity index (χ1v) is 8.00. The van der Waals surface area contributed by atoms with Crippen molar-refractivity contribution in [1.82, 2.24) is 15.1 Å². The monoisotopic (exact) mass is 303 g/mol. The summed E-state index contributed by atoms with van der Waals surface area (Å²) in [6, 6.07) is 5.53. The molecule has 1 N–H and O–H groups in total. The van der Waals surface area contributed by atoms with Crippen LogP contribution < -0.4 is 0 Å². The third-order valence-corrected chi connectivity index (χ3v) is 4.11. The average Bonchev–Trinajstić information content (AvgIpc) is 3.16. The predicted molar refractivity (Wildman–Crippen MR) is 86.7 cm³/mol. The number of aryl methyl sites for hydroxylation is 1. The maximum atomic E-state index is 12.6.